The first-order valence-corrected chi connectivity index (χ1v) is 16.7. The summed E-state index contributed by atoms with van der Waals surface area (Å²) in [7, 11) is 0. The summed E-state index contributed by atoms with van der Waals surface area (Å²) in [6.45, 7) is 0. The molecule has 0 fully saturated rings. The molecule has 5 heterocycles. The first-order valence-electron chi connectivity index (χ1n) is 17.2. The van der Waals surface area contributed by atoms with Gasteiger partial charge in [0.15, 0.2) is 5.82 Å². The molecule has 0 radical (unpaired) electrons. The Kier molecular flexibility index (Phi) is 6.67. The molecule has 0 amide bonds. The van der Waals surface area contributed by atoms with Crippen LogP contribution >= 0.6 is 0 Å². The molecule has 0 unspecified atom stereocenters. The fourth-order valence-electron chi connectivity index (χ4n) is 6.89. The van der Waals surface area contributed by atoms with Crippen LogP contribution in [-0.4, -0.2) is 34.1 Å². The molecular formula is C43H27N7O2. The summed E-state index contributed by atoms with van der Waals surface area (Å²) in [4.78, 5) is 22.1. The van der Waals surface area contributed by atoms with Gasteiger partial charge in [-0.15, -0.1) is 0 Å². The number of rotatable bonds is 7. The van der Waals surface area contributed by atoms with Gasteiger partial charge in [0.2, 0.25) is 0 Å². The number of aromatic nitrogens is 7. The zero-order chi connectivity index (χ0) is 35.3. The molecule has 0 aliphatic carbocycles. The van der Waals surface area contributed by atoms with Crippen LogP contribution in [0.4, 0.5) is 0 Å². The van der Waals surface area contributed by atoms with E-state index in [0.29, 0.717) is 22.9 Å². The van der Waals surface area contributed by atoms with Crippen LogP contribution in [0, 0.1) is 0 Å². The quantitative estimate of drug-likeness (QED) is 0.166. The summed E-state index contributed by atoms with van der Waals surface area (Å²) in [6.07, 6.45) is 6.44. The van der Waals surface area contributed by atoms with Crippen molar-refractivity contribution in [3.8, 4) is 46.0 Å². The van der Waals surface area contributed by atoms with E-state index in [1.165, 1.54) is 12.7 Å². The van der Waals surface area contributed by atoms with E-state index in [1.54, 1.807) is 24.5 Å². The molecule has 0 saturated heterocycles. The summed E-state index contributed by atoms with van der Waals surface area (Å²) in [5.41, 5.74) is 4.53. The van der Waals surface area contributed by atoms with Crippen molar-refractivity contribution in [1.29, 1.82) is 0 Å². The van der Waals surface area contributed by atoms with Gasteiger partial charge in [0.25, 0.3) is 0 Å². The molecular weight excluding hydrogens is 647 g/mol. The average Bonchev–Trinajstić information content (AvgIpc) is 3.72. The third-order valence-corrected chi connectivity index (χ3v) is 9.07. The number of hydrogen-bond acceptors (Lipinski definition) is 7. The minimum atomic E-state index is 0.0681. The molecule has 52 heavy (non-hydrogen) atoms. The zero-order valence-corrected chi connectivity index (χ0v) is 27.5. The lowest BCUT2D eigenvalue weighted by Crippen LogP contribution is -1.97. The highest BCUT2D eigenvalue weighted by molar-refractivity contribution is 6.10. The molecule has 10 rings (SSSR count). The van der Waals surface area contributed by atoms with E-state index in [0.717, 1.165) is 55.2 Å². The van der Waals surface area contributed by atoms with Gasteiger partial charge in [0.05, 0.1) is 23.4 Å². The first-order chi connectivity index (χ1) is 26.2. The van der Waals surface area contributed by atoms with Gasteiger partial charge in [-0.2, -0.15) is 0 Å². The Morgan fingerprint density at radius 3 is 1.42 bits per heavy atom. The zero-order valence-electron chi connectivity index (χ0n) is 28.5. The summed E-state index contributed by atoms with van der Waals surface area (Å²) in [5, 5.41) is 4.33. The number of ether oxygens (including phenoxy) is 2. The minimum Gasteiger partial charge on any atom is -0.457 e. The van der Waals surface area contributed by atoms with E-state index >= 15 is 0 Å². The van der Waals surface area contributed by atoms with Crippen LogP contribution in [0.25, 0.3) is 66.6 Å². The summed E-state index contributed by atoms with van der Waals surface area (Å²) in [5.74, 6) is 3.67. The van der Waals surface area contributed by atoms with Gasteiger partial charge in [-0.1, -0.05) is 48.5 Å². The molecule has 0 spiro atoms. The number of para-hydroxylation sites is 2. The molecule has 0 bridgehead atoms. The topological polar surface area (TPSA) is 92.8 Å². The van der Waals surface area contributed by atoms with Crippen molar-refractivity contribution in [2.24, 2.45) is 0 Å². The van der Waals surface area contributed by atoms with Crippen LogP contribution in [0.2, 0.25) is 0 Å². The number of benzene rings is 5. The molecule has 0 saturated carbocycles. The molecule has 246 valence electrons. The third kappa shape index (κ3) is 5.07. The summed E-state index contributed by atoms with van der Waals surface area (Å²) < 4.78 is 26.7. The Bertz CT molecular complexity index is 2790. The van der Waals surface area contributed by atoms with Crippen molar-refractivity contribution in [3.05, 3.63) is 165 Å². The van der Waals surface area contributed by atoms with E-state index in [2.05, 4.69) is 58.3 Å². The van der Waals surface area contributed by atoms with Crippen molar-refractivity contribution < 1.29 is 10.8 Å². The van der Waals surface area contributed by atoms with E-state index < -0.39 is 0 Å². The van der Waals surface area contributed by atoms with Crippen molar-refractivity contribution in [3.63, 3.8) is 0 Å². The molecule has 9 heteroatoms. The highest BCUT2D eigenvalue weighted by Crippen LogP contribution is 2.39. The normalized spacial score (nSPS) is 11.7. The van der Waals surface area contributed by atoms with Crippen molar-refractivity contribution in [1.82, 2.24) is 34.1 Å². The van der Waals surface area contributed by atoms with E-state index in [4.69, 9.17) is 9.47 Å². The fourth-order valence-corrected chi connectivity index (χ4v) is 6.89. The lowest BCUT2D eigenvalue weighted by molar-refractivity contribution is 0.461. The molecule has 10 aromatic rings. The lowest BCUT2D eigenvalue weighted by Gasteiger charge is -2.13. The molecule has 0 aliphatic heterocycles. The lowest BCUT2D eigenvalue weighted by atomic mass is 10.1. The largest absolute Gasteiger partial charge is 0.457 e. The van der Waals surface area contributed by atoms with Gasteiger partial charge in [-0.25, -0.2) is 24.9 Å². The maximum absolute atomic E-state index is 9.33. The van der Waals surface area contributed by atoms with Crippen molar-refractivity contribution in [2.45, 2.75) is 0 Å². The van der Waals surface area contributed by atoms with Gasteiger partial charge in [-0.3, -0.25) is 9.13 Å². The average molecular weight is 675 g/mol. The van der Waals surface area contributed by atoms with Crippen LogP contribution in [0.1, 0.15) is 1.37 Å². The van der Waals surface area contributed by atoms with Crippen molar-refractivity contribution in [2.75, 3.05) is 0 Å². The molecule has 9 nitrogen and oxygen atoms in total. The SMILES string of the molecule is [2H]c1c(Oc2ccc3c4ccccc4n(-c4ccccn4)c3c2)cc(-c2ncncn2)cc1Oc1ccc2c3ccccc3n(-c3ccccn3)c2c1. The smallest absolute Gasteiger partial charge is 0.162 e. The number of nitrogens with zero attached hydrogens (tertiary/aromatic N) is 7. The number of fused-ring (bicyclic) bond motifs is 6. The van der Waals surface area contributed by atoms with Gasteiger partial charge >= 0.3 is 0 Å². The second-order valence-corrected chi connectivity index (χ2v) is 12.2. The maximum atomic E-state index is 9.33. The number of hydrogen-bond donors (Lipinski definition) is 0. The highest BCUT2D eigenvalue weighted by atomic mass is 16.5. The Hall–Kier alpha value is -7.39. The third-order valence-electron chi connectivity index (χ3n) is 9.07. The minimum absolute atomic E-state index is 0.0681. The summed E-state index contributed by atoms with van der Waals surface area (Å²) >= 11 is 0. The predicted molar refractivity (Wildman–Crippen MR) is 203 cm³/mol. The van der Waals surface area contributed by atoms with E-state index in [1.807, 2.05) is 97.1 Å². The monoisotopic (exact) mass is 674 g/mol. The first kappa shape index (κ1) is 28.4. The molecule has 0 atom stereocenters. The van der Waals surface area contributed by atoms with Crippen LogP contribution in [-0.2, 0) is 0 Å². The maximum Gasteiger partial charge on any atom is 0.162 e. The Morgan fingerprint density at radius 2 is 0.923 bits per heavy atom. The van der Waals surface area contributed by atoms with Gasteiger partial charge in [0.1, 0.15) is 47.3 Å². The summed E-state index contributed by atoms with van der Waals surface area (Å²) in [6, 6.07) is 43.6. The standard InChI is InChI=1S/C43H27N7O2/c1-3-11-37-33(9-1)35-17-15-29(24-39(35)49(37)41-13-5-7-19-45-41)51-31-21-28(43-47-26-44-27-48-43)22-32(23-31)52-30-16-18-36-34-10-2-4-12-38(34)50(40(36)25-30)42-14-6-8-20-46-42/h1-27H/i23D. The Labute approximate surface area is 298 Å². The van der Waals surface area contributed by atoms with Crippen LogP contribution in [0.3, 0.4) is 0 Å². The molecule has 0 aliphatic rings. The highest BCUT2D eigenvalue weighted by Gasteiger charge is 2.17. The Balaban J connectivity index is 1.09. The van der Waals surface area contributed by atoms with Gasteiger partial charge in [-0.05, 0) is 72.8 Å². The Morgan fingerprint density at radius 1 is 0.442 bits per heavy atom. The van der Waals surface area contributed by atoms with Crippen LogP contribution in [0.15, 0.2) is 165 Å². The van der Waals surface area contributed by atoms with Gasteiger partial charge < -0.3 is 9.47 Å². The van der Waals surface area contributed by atoms with Crippen LogP contribution < -0.4 is 9.47 Å². The molecule has 5 aromatic heterocycles. The molecule has 0 N–H and O–H groups in total. The fraction of sp³-hybridized carbons (Fsp3) is 0. The van der Waals surface area contributed by atoms with Crippen LogP contribution in [0.5, 0.6) is 23.0 Å². The van der Waals surface area contributed by atoms with E-state index in [-0.39, 0.29) is 17.5 Å². The predicted octanol–water partition coefficient (Wildman–Crippen LogP) is 10.1. The van der Waals surface area contributed by atoms with Crippen molar-refractivity contribution >= 4 is 43.6 Å². The number of pyridine rings is 2. The van der Waals surface area contributed by atoms with E-state index in [9.17, 15) is 1.37 Å². The second kappa shape index (κ2) is 12.2. The second-order valence-electron chi connectivity index (χ2n) is 12.2. The van der Waals surface area contributed by atoms with Gasteiger partial charge in [0, 0.05) is 57.7 Å². The molecule has 5 aromatic carbocycles.